The van der Waals surface area contributed by atoms with E-state index in [4.69, 9.17) is 18.6 Å². The van der Waals surface area contributed by atoms with Gasteiger partial charge in [0, 0.05) is 33.0 Å². The lowest BCUT2D eigenvalue weighted by Gasteiger charge is -2.24. The Morgan fingerprint density at radius 2 is 1.86 bits per heavy atom. The minimum atomic E-state index is -1.11. The van der Waals surface area contributed by atoms with Gasteiger partial charge in [0.25, 0.3) is 0 Å². The van der Waals surface area contributed by atoms with Crippen LogP contribution in [-0.2, 0) is 23.4 Å². The fourth-order valence-corrected chi connectivity index (χ4v) is 3.43. The summed E-state index contributed by atoms with van der Waals surface area (Å²) in [7, 11) is 1.69. The highest BCUT2D eigenvalue weighted by Gasteiger charge is 2.30. The highest BCUT2D eigenvalue weighted by molar-refractivity contribution is 5.44. The van der Waals surface area contributed by atoms with Crippen molar-refractivity contribution in [1.82, 2.24) is 4.90 Å². The fraction of sp³-hybridized carbons (Fsp3) is 0.391. The smallest absolute Gasteiger partial charge is 0.231 e. The number of methoxy groups -OCH3 is 1. The third-order valence-electron chi connectivity index (χ3n) is 4.92. The minimum Gasteiger partial charge on any atom is -0.462 e. The molecule has 0 amide bonds. The first-order valence-electron chi connectivity index (χ1n) is 9.71. The molecule has 0 spiro atoms. The number of ether oxygens (including phenoxy) is 3. The average Bonchev–Trinajstić information content (AvgIpc) is 3.36. The van der Waals surface area contributed by atoms with Crippen LogP contribution in [0.15, 0.2) is 60.1 Å². The molecule has 6 nitrogen and oxygen atoms in total. The summed E-state index contributed by atoms with van der Waals surface area (Å²) in [5, 5.41) is 10.9. The first kappa shape index (κ1) is 21.2. The first-order valence-corrected chi connectivity index (χ1v) is 9.71. The Labute approximate surface area is 172 Å². The number of rotatable bonds is 12. The summed E-state index contributed by atoms with van der Waals surface area (Å²) >= 11 is 0. The quantitative estimate of drug-likeness (QED) is 0.545. The number of hydrogen-bond donors (Lipinski definition) is 1. The molecule has 1 aliphatic heterocycles. The monoisotopic (exact) mass is 399 g/mol. The second kappa shape index (κ2) is 9.78. The zero-order valence-corrected chi connectivity index (χ0v) is 16.9. The van der Waals surface area contributed by atoms with Crippen LogP contribution in [-0.4, -0.2) is 37.1 Å². The summed E-state index contributed by atoms with van der Waals surface area (Å²) in [5.41, 5.74) is 0.00290. The molecule has 0 aliphatic carbocycles. The van der Waals surface area contributed by atoms with Gasteiger partial charge >= 0.3 is 0 Å². The van der Waals surface area contributed by atoms with E-state index in [2.05, 4.69) is 18.1 Å². The number of furan rings is 1. The normalized spacial score (nSPS) is 13.1. The second-order valence-corrected chi connectivity index (χ2v) is 7.17. The molecular formula is C23H29NO5. The Bertz CT molecular complexity index is 818. The van der Waals surface area contributed by atoms with Gasteiger partial charge in [-0.25, -0.2) is 0 Å². The Kier molecular flexibility index (Phi) is 7.14. The van der Waals surface area contributed by atoms with E-state index in [9.17, 15) is 5.11 Å². The zero-order chi connectivity index (χ0) is 20.7. The summed E-state index contributed by atoms with van der Waals surface area (Å²) in [6.07, 6.45) is 4.18. The van der Waals surface area contributed by atoms with E-state index in [1.807, 2.05) is 30.3 Å². The van der Waals surface area contributed by atoms with Crippen LogP contribution in [0.1, 0.15) is 29.9 Å². The van der Waals surface area contributed by atoms with Gasteiger partial charge in [0.2, 0.25) is 6.79 Å². The highest BCUT2D eigenvalue weighted by atomic mass is 16.7. The lowest BCUT2D eigenvalue weighted by molar-refractivity contribution is 0.0184. The molecule has 0 unspecified atom stereocenters. The molecule has 0 saturated heterocycles. The third kappa shape index (κ3) is 5.29. The highest BCUT2D eigenvalue weighted by Crippen LogP contribution is 2.34. The van der Waals surface area contributed by atoms with Crippen LogP contribution in [0.25, 0.3) is 0 Å². The van der Waals surface area contributed by atoms with Crippen molar-refractivity contribution < 1.29 is 23.7 Å². The summed E-state index contributed by atoms with van der Waals surface area (Å²) in [5.74, 6) is 2.86. The minimum absolute atomic E-state index is 0.264. The summed E-state index contributed by atoms with van der Waals surface area (Å²) in [6, 6.07) is 9.71. The van der Waals surface area contributed by atoms with Crippen molar-refractivity contribution >= 4 is 0 Å². The summed E-state index contributed by atoms with van der Waals surface area (Å²) < 4.78 is 22.1. The molecule has 0 bridgehead atoms. The maximum atomic E-state index is 10.9. The topological polar surface area (TPSA) is 64.3 Å². The molecular weight excluding hydrogens is 370 g/mol. The standard InChI is InChI=1S/C23H29NO5/c1-4-10-23(25,11-5-2)22-9-7-19(29-22)16-24(12-13-26-3)15-18-6-8-20-21(14-18)28-17-27-20/h4-9,14,25H,1-2,10-13,15-17H2,3H3. The summed E-state index contributed by atoms with van der Waals surface area (Å²) in [4.78, 5) is 2.23. The molecule has 1 aromatic heterocycles. The van der Waals surface area contributed by atoms with Crippen molar-refractivity contribution in [2.45, 2.75) is 31.5 Å². The third-order valence-corrected chi connectivity index (χ3v) is 4.92. The van der Waals surface area contributed by atoms with Crippen molar-refractivity contribution in [3.63, 3.8) is 0 Å². The molecule has 0 atom stereocenters. The van der Waals surface area contributed by atoms with E-state index in [0.29, 0.717) is 38.3 Å². The van der Waals surface area contributed by atoms with E-state index in [1.165, 1.54) is 0 Å². The van der Waals surface area contributed by atoms with E-state index >= 15 is 0 Å². The molecule has 0 radical (unpaired) electrons. The van der Waals surface area contributed by atoms with E-state index in [-0.39, 0.29) is 6.79 Å². The number of nitrogens with zero attached hydrogens (tertiary/aromatic N) is 1. The van der Waals surface area contributed by atoms with Gasteiger partial charge in [-0.15, -0.1) is 13.2 Å². The predicted molar refractivity (Wildman–Crippen MR) is 111 cm³/mol. The number of aliphatic hydroxyl groups is 1. The van der Waals surface area contributed by atoms with Gasteiger partial charge < -0.3 is 23.7 Å². The average molecular weight is 399 g/mol. The maximum absolute atomic E-state index is 10.9. The Balaban J connectivity index is 1.72. The molecule has 29 heavy (non-hydrogen) atoms. The lowest BCUT2D eigenvalue weighted by atomic mass is 9.93. The van der Waals surface area contributed by atoms with Crippen molar-refractivity contribution in [2.75, 3.05) is 27.1 Å². The van der Waals surface area contributed by atoms with Crippen LogP contribution < -0.4 is 9.47 Å². The largest absolute Gasteiger partial charge is 0.462 e. The fourth-order valence-electron chi connectivity index (χ4n) is 3.43. The molecule has 1 N–H and O–H groups in total. The van der Waals surface area contributed by atoms with Crippen molar-refractivity contribution in [3.05, 3.63) is 72.7 Å². The summed E-state index contributed by atoms with van der Waals surface area (Å²) in [6.45, 7) is 10.4. The number of benzene rings is 1. The first-order chi connectivity index (χ1) is 14.1. The van der Waals surface area contributed by atoms with Crippen molar-refractivity contribution in [3.8, 4) is 11.5 Å². The van der Waals surface area contributed by atoms with Gasteiger partial charge in [0.05, 0.1) is 13.2 Å². The molecule has 0 fully saturated rings. The van der Waals surface area contributed by atoms with Crippen molar-refractivity contribution in [2.24, 2.45) is 0 Å². The van der Waals surface area contributed by atoms with Crippen molar-refractivity contribution in [1.29, 1.82) is 0 Å². The van der Waals surface area contributed by atoms with Gasteiger partial charge in [-0.2, -0.15) is 0 Å². The van der Waals surface area contributed by atoms with E-state index in [1.54, 1.807) is 19.3 Å². The number of fused-ring (bicyclic) bond motifs is 1. The molecule has 0 saturated carbocycles. The van der Waals surface area contributed by atoms with Crippen LogP contribution in [0.2, 0.25) is 0 Å². The van der Waals surface area contributed by atoms with E-state index in [0.717, 1.165) is 29.4 Å². The SMILES string of the molecule is C=CCC(O)(CC=C)c1ccc(CN(CCOC)Cc2ccc3c(c2)OCO3)o1. The maximum Gasteiger partial charge on any atom is 0.231 e. The van der Waals surface area contributed by atoms with Crippen LogP contribution >= 0.6 is 0 Å². The Morgan fingerprint density at radius 1 is 1.10 bits per heavy atom. The van der Waals surface area contributed by atoms with Gasteiger partial charge in [0.15, 0.2) is 11.5 Å². The molecule has 3 rings (SSSR count). The van der Waals surface area contributed by atoms with Crippen LogP contribution in [0.5, 0.6) is 11.5 Å². The Morgan fingerprint density at radius 3 is 2.59 bits per heavy atom. The zero-order valence-electron chi connectivity index (χ0n) is 16.9. The lowest BCUT2D eigenvalue weighted by Crippen LogP contribution is -2.26. The molecule has 2 heterocycles. The van der Waals surface area contributed by atoms with Gasteiger partial charge in [-0.3, -0.25) is 4.90 Å². The van der Waals surface area contributed by atoms with Crippen LogP contribution in [0.4, 0.5) is 0 Å². The Hall–Kier alpha value is -2.54. The van der Waals surface area contributed by atoms with Crippen LogP contribution in [0.3, 0.4) is 0 Å². The van der Waals surface area contributed by atoms with E-state index < -0.39 is 5.60 Å². The molecule has 156 valence electrons. The predicted octanol–water partition coefficient (Wildman–Crippen LogP) is 4.00. The van der Waals surface area contributed by atoms with Crippen LogP contribution in [0, 0.1) is 0 Å². The van der Waals surface area contributed by atoms with Gasteiger partial charge in [-0.05, 0) is 29.8 Å². The molecule has 2 aromatic rings. The molecule has 1 aromatic carbocycles. The molecule has 1 aliphatic rings. The molecule has 6 heteroatoms. The van der Waals surface area contributed by atoms with Gasteiger partial charge in [0.1, 0.15) is 17.1 Å². The van der Waals surface area contributed by atoms with Gasteiger partial charge in [-0.1, -0.05) is 18.2 Å². The second-order valence-electron chi connectivity index (χ2n) is 7.17. The number of hydrogen-bond acceptors (Lipinski definition) is 6.